The van der Waals surface area contributed by atoms with Crippen molar-refractivity contribution in [3.05, 3.63) is 25.9 Å². The van der Waals surface area contributed by atoms with E-state index in [4.69, 9.17) is 10.3 Å². The lowest BCUT2D eigenvalue weighted by Gasteiger charge is -2.15. The molecule has 106 valence electrons. The number of aromatic nitrogens is 2. The van der Waals surface area contributed by atoms with Gasteiger partial charge in [0.15, 0.2) is 0 Å². The summed E-state index contributed by atoms with van der Waals surface area (Å²) >= 11 is 2.15. The van der Waals surface area contributed by atoms with Gasteiger partial charge in [-0.25, -0.2) is 4.68 Å². The van der Waals surface area contributed by atoms with E-state index in [0.717, 1.165) is 21.9 Å². The van der Waals surface area contributed by atoms with Crippen LogP contribution in [-0.2, 0) is 11.5 Å². The summed E-state index contributed by atoms with van der Waals surface area (Å²) in [5.74, 6) is 0. The van der Waals surface area contributed by atoms with E-state index in [2.05, 4.69) is 57.4 Å². The average molecular weight is 393 g/mol. The lowest BCUT2D eigenvalue weighted by molar-refractivity contribution is 0.0783. The second kappa shape index (κ2) is 7.27. The van der Waals surface area contributed by atoms with Crippen LogP contribution < -0.4 is 0 Å². The van der Waals surface area contributed by atoms with Crippen LogP contribution in [0.25, 0.3) is 10.4 Å². The van der Waals surface area contributed by atoms with Gasteiger partial charge >= 0.3 is 0 Å². The fraction of sp³-hybridized carbons (Fsp3) is 0.727. The summed E-state index contributed by atoms with van der Waals surface area (Å²) in [6, 6.07) is 0.945. The van der Waals surface area contributed by atoms with Crippen LogP contribution in [0.4, 0.5) is 0 Å². The van der Waals surface area contributed by atoms with Gasteiger partial charge in [0.1, 0.15) is 10.4 Å². The van der Waals surface area contributed by atoms with Crippen molar-refractivity contribution in [1.82, 2.24) is 9.78 Å². The third-order valence-corrected chi connectivity index (χ3v) is 5.18. The zero-order valence-electron chi connectivity index (χ0n) is 11.8. The quantitative estimate of drug-likeness (QED) is 0.174. The molecule has 1 aromatic heterocycles. The highest BCUT2D eigenvalue weighted by atomic mass is 127. The minimum atomic E-state index is -1.04. The van der Waals surface area contributed by atoms with Crippen molar-refractivity contribution < 1.29 is 4.74 Å². The molecule has 1 aromatic rings. The van der Waals surface area contributed by atoms with Crippen LogP contribution in [0.1, 0.15) is 18.5 Å². The van der Waals surface area contributed by atoms with Gasteiger partial charge in [-0.1, -0.05) is 31.7 Å². The van der Waals surface area contributed by atoms with Crippen LogP contribution in [0, 0.1) is 3.70 Å². The predicted octanol–water partition coefficient (Wildman–Crippen LogP) is 4.17. The fourth-order valence-corrected chi connectivity index (χ4v) is 3.06. The van der Waals surface area contributed by atoms with Gasteiger partial charge in [-0.3, -0.25) is 0 Å². The first kappa shape index (κ1) is 16.5. The molecule has 0 radical (unpaired) electrons. The van der Waals surface area contributed by atoms with Gasteiger partial charge < -0.3 is 4.74 Å². The Kier molecular flexibility index (Phi) is 6.31. The van der Waals surface area contributed by atoms with Crippen LogP contribution in [-0.4, -0.2) is 24.5 Å². The van der Waals surface area contributed by atoms with Crippen molar-refractivity contribution in [1.29, 1.82) is 0 Å². The van der Waals surface area contributed by atoms with Gasteiger partial charge in [-0.15, -0.1) is 0 Å². The van der Waals surface area contributed by atoms with E-state index >= 15 is 0 Å². The highest BCUT2D eigenvalue weighted by Gasteiger charge is 2.14. The zero-order valence-corrected chi connectivity index (χ0v) is 15.0. The molecule has 0 aromatic carbocycles. The lowest BCUT2D eigenvalue weighted by atomic mass is 10.2. The Hall–Kier alpha value is -0.573. The molecule has 1 rings (SSSR count). The fourth-order valence-electron chi connectivity index (χ4n) is 1.44. The molecule has 0 saturated carbocycles. The molecule has 0 aliphatic heterocycles. The lowest BCUT2D eigenvalue weighted by Crippen LogP contribution is -2.22. The number of halogens is 1. The van der Waals surface area contributed by atoms with E-state index in [1.54, 1.807) is 4.68 Å². The van der Waals surface area contributed by atoms with Crippen molar-refractivity contribution in [3.63, 3.8) is 0 Å². The van der Waals surface area contributed by atoms with E-state index in [1.165, 1.54) is 0 Å². The summed E-state index contributed by atoms with van der Waals surface area (Å²) < 4.78 is 8.24. The van der Waals surface area contributed by atoms with E-state index in [0.29, 0.717) is 6.73 Å². The van der Waals surface area contributed by atoms with Crippen molar-refractivity contribution in [2.75, 3.05) is 6.61 Å². The number of hydrogen-bond donors (Lipinski definition) is 0. The topological polar surface area (TPSA) is 75.8 Å². The van der Waals surface area contributed by atoms with E-state index in [-0.39, 0.29) is 6.04 Å². The maximum atomic E-state index is 8.45. The van der Waals surface area contributed by atoms with Gasteiger partial charge in [0.05, 0.1) is 6.04 Å². The van der Waals surface area contributed by atoms with Gasteiger partial charge in [0.2, 0.25) is 0 Å². The molecule has 0 N–H and O–H groups in total. The summed E-state index contributed by atoms with van der Waals surface area (Å²) in [5, 5.41) is 8.04. The van der Waals surface area contributed by atoms with Crippen LogP contribution in [0.15, 0.2) is 11.3 Å². The summed E-state index contributed by atoms with van der Waals surface area (Å²) in [7, 11) is -1.04. The molecule has 0 amide bonds. The third kappa shape index (κ3) is 5.94. The molecular weight excluding hydrogens is 373 g/mol. The van der Waals surface area contributed by atoms with Gasteiger partial charge in [-0.05, 0) is 34.2 Å². The summed E-state index contributed by atoms with van der Waals surface area (Å²) in [6.07, 6.45) is 1.88. The highest BCUT2D eigenvalue weighted by molar-refractivity contribution is 14.1. The van der Waals surface area contributed by atoms with Crippen molar-refractivity contribution in [2.24, 2.45) is 5.11 Å². The smallest absolute Gasteiger partial charge is 0.139 e. The maximum absolute atomic E-state index is 8.45. The van der Waals surface area contributed by atoms with Crippen LogP contribution in [0.5, 0.6) is 0 Å². The first-order valence-electron chi connectivity index (χ1n) is 6.18. The zero-order chi connectivity index (χ0) is 14.5. The molecule has 0 aliphatic carbocycles. The van der Waals surface area contributed by atoms with E-state index in [9.17, 15) is 0 Å². The SMILES string of the molecule is CC(N=[N+]=[N-])c1cn(COCC[Si](C)(C)C)nc1I. The van der Waals surface area contributed by atoms with Gasteiger partial charge in [0.25, 0.3) is 0 Å². The number of nitrogens with zero attached hydrogens (tertiary/aromatic N) is 5. The summed E-state index contributed by atoms with van der Waals surface area (Å²) in [6.45, 7) is 10.1. The Morgan fingerprint density at radius 2 is 2.26 bits per heavy atom. The van der Waals surface area contributed by atoms with Crippen molar-refractivity contribution in [3.8, 4) is 0 Å². The Morgan fingerprint density at radius 3 is 2.84 bits per heavy atom. The van der Waals surface area contributed by atoms with Crippen LogP contribution in [0.3, 0.4) is 0 Å². The largest absolute Gasteiger partial charge is 0.360 e. The molecule has 1 atom stereocenters. The Bertz CT molecular complexity index is 464. The molecule has 0 fully saturated rings. The number of rotatable bonds is 7. The minimum Gasteiger partial charge on any atom is -0.360 e. The second-order valence-corrected chi connectivity index (χ2v) is 12.3. The summed E-state index contributed by atoms with van der Waals surface area (Å²) in [4.78, 5) is 2.82. The highest BCUT2D eigenvalue weighted by Crippen LogP contribution is 2.21. The predicted molar refractivity (Wildman–Crippen MR) is 86.6 cm³/mol. The molecule has 1 unspecified atom stereocenters. The van der Waals surface area contributed by atoms with Gasteiger partial charge in [-0.2, -0.15) is 5.10 Å². The summed E-state index contributed by atoms with van der Waals surface area (Å²) in [5.41, 5.74) is 9.39. The average Bonchev–Trinajstić information content (AvgIpc) is 2.65. The van der Waals surface area contributed by atoms with Gasteiger partial charge in [0, 0.05) is 31.4 Å². The third-order valence-electron chi connectivity index (χ3n) is 2.64. The molecule has 0 saturated heterocycles. The molecule has 0 spiro atoms. The molecular formula is C11H20IN5OSi. The molecule has 19 heavy (non-hydrogen) atoms. The maximum Gasteiger partial charge on any atom is 0.139 e. The number of ether oxygens (including phenoxy) is 1. The molecule has 0 bridgehead atoms. The first-order valence-corrected chi connectivity index (χ1v) is 11.0. The standard InChI is InChI=1S/C11H20IN5OSi/c1-9(14-16-13)10-7-17(15-11(10)12)8-18-5-6-19(2,3)4/h7,9H,5-6,8H2,1-4H3. The minimum absolute atomic E-state index is 0.201. The molecule has 0 aliphatic rings. The normalized spacial score (nSPS) is 13.1. The second-order valence-electron chi connectivity index (χ2n) is 5.64. The monoisotopic (exact) mass is 393 g/mol. The number of hydrogen-bond acceptors (Lipinski definition) is 3. The van der Waals surface area contributed by atoms with Crippen LogP contribution >= 0.6 is 22.6 Å². The Labute approximate surface area is 128 Å². The number of azide groups is 1. The first-order chi connectivity index (χ1) is 8.83. The van der Waals surface area contributed by atoms with Crippen molar-refractivity contribution >= 4 is 30.7 Å². The Balaban J connectivity index is 2.52. The van der Waals surface area contributed by atoms with Crippen molar-refractivity contribution in [2.45, 2.75) is 45.4 Å². The van der Waals surface area contributed by atoms with E-state index < -0.39 is 8.07 Å². The molecule has 8 heteroatoms. The van der Waals surface area contributed by atoms with E-state index in [1.807, 2.05) is 13.1 Å². The molecule has 1 heterocycles. The Morgan fingerprint density at radius 1 is 1.58 bits per heavy atom. The molecule has 6 nitrogen and oxygen atoms in total. The van der Waals surface area contributed by atoms with Crippen LogP contribution in [0.2, 0.25) is 25.7 Å².